The topological polar surface area (TPSA) is 43.2 Å². The third kappa shape index (κ3) is 4.36. The second-order valence-electron chi connectivity index (χ2n) is 6.77. The van der Waals surface area contributed by atoms with Crippen LogP contribution in [0.3, 0.4) is 0 Å². The summed E-state index contributed by atoms with van der Waals surface area (Å²) in [7, 11) is 0. The van der Waals surface area contributed by atoms with Crippen LogP contribution in [0.15, 0.2) is 59.8 Å². The molecule has 0 bridgehead atoms. The zero-order valence-corrected chi connectivity index (χ0v) is 16.6. The Hall–Kier alpha value is -2.38. The van der Waals surface area contributed by atoms with Gasteiger partial charge in [0.15, 0.2) is 5.16 Å². The number of hydrogen-bond donors (Lipinski definition) is 0. The van der Waals surface area contributed by atoms with E-state index in [-0.39, 0.29) is 11.1 Å². The molecule has 0 unspecified atom stereocenters. The van der Waals surface area contributed by atoms with Crippen molar-refractivity contribution in [2.45, 2.75) is 23.9 Å². The van der Waals surface area contributed by atoms with E-state index in [9.17, 15) is 4.39 Å². The molecule has 0 N–H and O–H groups in total. The molecule has 1 atom stereocenters. The third-order valence-electron chi connectivity index (χ3n) is 4.80. The molecule has 0 spiro atoms. The highest BCUT2D eigenvalue weighted by Crippen LogP contribution is 2.35. The Bertz CT molecular complexity index is 895. The molecule has 2 aromatic carbocycles. The molecule has 0 radical (unpaired) electrons. The summed E-state index contributed by atoms with van der Waals surface area (Å²) in [6.45, 7) is 5.84. The van der Waals surface area contributed by atoms with E-state index in [1.807, 2.05) is 30.3 Å². The molecular weight excluding hydrogens is 375 g/mol. The number of anilines is 1. The van der Waals surface area contributed by atoms with Crippen molar-refractivity contribution in [2.75, 3.05) is 31.2 Å². The molecule has 1 aliphatic heterocycles. The van der Waals surface area contributed by atoms with Crippen LogP contribution in [0.2, 0.25) is 0 Å². The summed E-state index contributed by atoms with van der Waals surface area (Å²) in [5.74, 6) is 0.656. The highest BCUT2D eigenvalue weighted by Gasteiger charge is 2.22. The average Bonchev–Trinajstić information content (AvgIpc) is 3.12. The van der Waals surface area contributed by atoms with Gasteiger partial charge in [-0.15, -0.1) is 10.2 Å². The number of ether oxygens (including phenoxy) is 1. The Morgan fingerprint density at radius 1 is 1.04 bits per heavy atom. The molecule has 0 amide bonds. The summed E-state index contributed by atoms with van der Waals surface area (Å²) < 4.78 is 20.9. The first-order valence-electron chi connectivity index (χ1n) is 9.42. The fraction of sp³-hybridized carbons (Fsp3) is 0.333. The first-order chi connectivity index (χ1) is 13.7. The zero-order valence-electron chi connectivity index (χ0n) is 15.8. The lowest BCUT2D eigenvalue weighted by Crippen LogP contribution is -2.38. The Morgan fingerprint density at radius 3 is 2.46 bits per heavy atom. The molecule has 0 saturated carbocycles. The number of aromatic nitrogens is 3. The van der Waals surface area contributed by atoms with Gasteiger partial charge in [0, 0.05) is 18.3 Å². The number of halogens is 1. The van der Waals surface area contributed by atoms with Gasteiger partial charge in [-0.3, -0.25) is 4.57 Å². The van der Waals surface area contributed by atoms with Crippen molar-refractivity contribution in [2.24, 2.45) is 0 Å². The van der Waals surface area contributed by atoms with E-state index in [0.29, 0.717) is 19.8 Å². The van der Waals surface area contributed by atoms with Crippen LogP contribution in [-0.2, 0) is 11.3 Å². The molecule has 1 aromatic heterocycles. The predicted molar refractivity (Wildman–Crippen MR) is 109 cm³/mol. The molecular formula is C21H23FN4OS. The van der Waals surface area contributed by atoms with Crippen LogP contribution in [0.25, 0.3) is 0 Å². The number of morpholine rings is 1. The van der Waals surface area contributed by atoms with E-state index in [0.717, 1.165) is 29.8 Å². The summed E-state index contributed by atoms with van der Waals surface area (Å²) in [5, 5.41) is 9.99. The van der Waals surface area contributed by atoms with Crippen LogP contribution in [0, 0.1) is 5.82 Å². The number of nitrogens with zero attached hydrogens (tertiary/aromatic N) is 4. The molecule has 1 saturated heterocycles. The van der Waals surface area contributed by atoms with Crippen LogP contribution in [0.5, 0.6) is 0 Å². The fourth-order valence-electron chi connectivity index (χ4n) is 3.23. The largest absolute Gasteiger partial charge is 0.378 e. The second-order valence-corrected chi connectivity index (χ2v) is 8.07. The van der Waals surface area contributed by atoms with Gasteiger partial charge in [0.2, 0.25) is 5.95 Å². The highest BCUT2D eigenvalue weighted by molar-refractivity contribution is 7.99. The Balaban J connectivity index is 1.61. The number of hydrogen-bond acceptors (Lipinski definition) is 5. The van der Waals surface area contributed by atoms with Crippen molar-refractivity contribution in [1.82, 2.24) is 14.8 Å². The molecule has 1 aliphatic rings. The van der Waals surface area contributed by atoms with Crippen molar-refractivity contribution < 1.29 is 9.13 Å². The summed E-state index contributed by atoms with van der Waals surface area (Å²) in [5.41, 5.74) is 2.27. The van der Waals surface area contributed by atoms with E-state index >= 15 is 0 Å². The van der Waals surface area contributed by atoms with Crippen molar-refractivity contribution >= 4 is 17.7 Å². The molecule has 0 aliphatic carbocycles. The SMILES string of the molecule is C[C@@H](Sc1nnc(N2CCOCC2)n1Cc1ccccc1)c1ccc(F)cc1. The molecule has 1 fully saturated rings. The Labute approximate surface area is 168 Å². The fourth-order valence-corrected chi connectivity index (χ4v) is 4.20. The maximum Gasteiger partial charge on any atom is 0.228 e. The van der Waals surface area contributed by atoms with Gasteiger partial charge in [-0.05, 0) is 30.2 Å². The maximum absolute atomic E-state index is 13.2. The van der Waals surface area contributed by atoms with Gasteiger partial charge < -0.3 is 9.64 Å². The Morgan fingerprint density at radius 2 is 1.75 bits per heavy atom. The minimum absolute atomic E-state index is 0.136. The smallest absolute Gasteiger partial charge is 0.228 e. The monoisotopic (exact) mass is 398 g/mol. The zero-order chi connectivity index (χ0) is 19.3. The molecule has 28 heavy (non-hydrogen) atoms. The van der Waals surface area contributed by atoms with E-state index in [2.05, 4.69) is 38.7 Å². The van der Waals surface area contributed by atoms with Gasteiger partial charge in [0.05, 0.1) is 19.8 Å². The van der Waals surface area contributed by atoms with Crippen LogP contribution in [-0.4, -0.2) is 41.1 Å². The van der Waals surface area contributed by atoms with Crippen molar-refractivity contribution in [1.29, 1.82) is 0 Å². The molecule has 2 heterocycles. The van der Waals surface area contributed by atoms with Crippen molar-refractivity contribution in [3.8, 4) is 0 Å². The predicted octanol–water partition coefficient (Wildman–Crippen LogP) is 4.16. The number of thioether (sulfide) groups is 1. The highest BCUT2D eigenvalue weighted by atomic mass is 32.2. The third-order valence-corrected chi connectivity index (χ3v) is 5.93. The molecule has 4 rings (SSSR count). The van der Waals surface area contributed by atoms with E-state index in [4.69, 9.17) is 4.74 Å². The quantitative estimate of drug-likeness (QED) is 0.584. The Kier molecular flexibility index (Phi) is 5.92. The van der Waals surface area contributed by atoms with E-state index < -0.39 is 0 Å². The number of rotatable bonds is 6. The minimum Gasteiger partial charge on any atom is -0.378 e. The van der Waals surface area contributed by atoms with Gasteiger partial charge in [0.25, 0.3) is 0 Å². The molecule has 7 heteroatoms. The van der Waals surface area contributed by atoms with Gasteiger partial charge in [-0.2, -0.15) is 0 Å². The first-order valence-corrected chi connectivity index (χ1v) is 10.3. The lowest BCUT2D eigenvalue weighted by molar-refractivity contribution is 0.121. The van der Waals surface area contributed by atoms with Crippen LogP contribution < -0.4 is 4.90 Å². The maximum atomic E-state index is 13.2. The normalized spacial score (nSPS) is 15.6. The lowest BCUT2D eigenvalue weighted by atomic mass is 10.2. The molecule has 5 nitrogen and oxygen atoms in total. The van der Waals surface area contributed by atoms with Crippen LogP contribution in [0.1, 0.15) is 23.3 Å². The van der Waals surface area contributed by atoms with Crippen molar-refractivity contribution in [3.05, 3.63) is 71.5 Å². The molecule has 146 valence electrons. The average molecular weight is 399 g/mol. The van der Waals surface area contributed by atoms with Gasteiger partial charge in [-0.1, -0.05) is 54.2 Å². The summed E-state index contributed by atoms with van der Waals surface area (Å²) in [4.78, 5) is 2.23. The summed E-state index contributed by atoms with van der Waals surface area (Å²) in [6, 6.07) is 17.0. The summed E-state index contributed by atoms with van der Waals surface area (Å²) in [6.07, 6.45) is 0. The van der Waals surface area contributed by atoms with Crippen LogP contribution >= 0.6 is 11.8 Å². The standard InChI is InChI=1S/C21H23FN4OS/c1-16(18-7-9-19(22)10-8-18)28-21-24-23-20(25-11-13-27-14-12-25)26(21)15-17-5-3-2-4-6-17/h2-10,16H,11-15H2,1H3/t16-/m1/s1. The van der Waals surface area contributed by atoms with Crippen LogP contribution in [0.4, 0.5) is 10.3 Å². The lowest BCUT2D eigenvalue weighted by Gasteiger charge is -2.28. The van der Waals surface area contributed by atoms with Gasteiger partial charge >= 0.3 is 0 Å². The van der Waals surface area contributed by atoms with Gasteiger partial charge in [0.1, 0.15) is 5.82 Å². The van der Waals surface area contributed by atoms with E-state index in [1.165, 1.54) is 17.7 Å². The molecule has 3 aromatic rings. The second kappa shape index (κ2) is 8.75. The minimum atomic E-state index is -0.220. The van der Waals surface area contributed by atoms with Crippen molar-refractivity contribution in [3.63, 3.8) is 0 Å². The summed E-state index contributed by atoms with van der Waals surface area (Å²) >= 11 is 1.64. The van der Waals surface area contributed by atoms with Gasteiger partial charge in [-0.25, -0.2) is 4.39 Å². The van der Waals surface area contributed by atoms with E-state index in [1.54, 1.807) is 11.8 Å². The first kappa shape index (κ1) is 19.0. The number of benzene rings is 2.